The van der Waals surface area contributed by atoms with Gasteiger partial charge in [0.05, 0.1) is 12.6 Å². The van der Waals surface area contributed by atoms with Crippen molar-refractivity contribution in [1.82, 2.24) is 10.2 Å². The van der Waals surface area contributed by atoms with Crippen molar-refractivity contribution in [2.75, 3.05) is 6.61 Å². The first kappa shape index (κ1) is 22.7. The van der Waals surface area contributed by atoms with Crippen LogP contribution in [0.5, 0.6) is 0 Å². The normalized spacial score (nSPS) is 26.0. The topological polar surface area (TPSA) is 95.9 Å². The van der Waals surface area contributed by atoms with E-state index in [0.717, 1.165) is 44.9 Å². The van der Waals surface area contributed by atoms with Gasteiger partial charge in [0.2, 0.25) is 5.91 Å². The van der Waals surface area contributed by atoms with Gasteiger partial charge in [0.25, 0.3) is 0 Å². The number of carboxylic acid groups (broad SMARTS) is 1. The van der Waals surface area contributed by atoms with Crippen molar-refractivity contribution in [2.24, 2.45) is 5.92 Å². The molecule has 1 aliphatic carbocycles. The molecule has 7 nitrogen and oxygen atoms in total. The lowest BCUT2D eigenvalue weighted by Gasteiger charge is -2.31. The summed E-state index contributed by atoms with van der Waals surface area (Å²) in [5.41, 5.74) is 0. The number of nitrogens with zero attached hydrogens (tertiary/aromatic N) is 1. The number of likely N-dealkylation sites (tertiary alicyclic amines) is 1. The molecule has 0 spiro atoms. The van der Waals surface area contributed by atoms with Crippen LogP contribution in [0.3, 0.4) is 0 Å². The molecule has 2 fully saturated rings. The van der Waals surface area contributed by atoms with Gasteiger partial charge in [-0.05, 0) is 45.4 Å². The number of unbranched alkanes of at least 4 members (excludes halogenated alkanes) is 3. The van der Waals surface area contributed by atoms with Crippen molar-refractivity contribution in [3.8, 4) is 0 Å². The molecule has 0 aromatic rings. The van der Waals surface area contributed by atoms with Crippen molar-refractivity contribution in [2.45, 2.75) is 103 Å². The summed E-state index contributed by atoms with van der Waals surface area (Å²) < 4.78 is 5.18. The van der Waals surface area contributed by atoms with Crippen molar-refractivity contribution in [1.29, 1.82) is 0 Å². The van der Waals surface area contributed by atoms with Gasteiger partial charge in [-0.3, -0.25) is 14.9 Å². The minimum Gasteiger partial charge on any atom is -0.480 e. The summed E-state index contributed by atoms with van der Waals surface area (Å²) in [4.78, 5) is 38.8. The first-order valence-corrected chi connectivity index (χ1v) is 10.9. The Bertz CT molecular complexity index is 553. The maximum Gasteiger partial charge on any atom is 0.326 e. The molecule has 1 amide bonds. The monoisotopic (exact) mass is 396 g/mol. The fourth-order valence-electron chi connectivity index (χ4n) is 4.71. The molecule has 160 valence electrons. The third kappa shape index (κ3) is 5.46. The summed E-state index contributed by atoms with van der Waals surface area (Å²) in [6, 6.07) is -1.90. The summed E-state index contributed by atoms with van der Waals surface area (Å²) in [6.45, 7) is 5.92. The number of rotatable bonds is 11. The van der Waals surface area contributed by atoms with Gasteiger partial charge in [0.1, 0.15) is 12.1 Å². The van der Waals surface area contributed by atoms with E-state index in [1.54, 1.807) is 18.7 Å². The highest BCUT2D eigenvalue weighted by molar-refractivity contribution is 5.88. The Kier molecular flexibility index (Phi) is 8.73. The maximum atomic E-state index is 13.1. The minimum atomic E-state index is -0.934. The number of carbonyl (C=O) groups excluding carboxylic acids is 2. The fraction of sp³-hybridized carbons (Fsp3) is 0.857. The van der Waals surface area contributed by atoms with Gasteiger partial charge in [-0.1, -0.05) is 39.0 Å². The molecule has 2 N–H and O–H groups in total. The SMILES string of the molecule is CCCCCC[C@H](N[C@@H](C)C(=O)N1[C@H](C(=O)O)C[C@@H]2CCC[C@@H]21)C(=O)OCC. The third-order valence-electron chi connectivity index (χ3n) is 6.12. The molecule has 1 saturated carbocycles. The van der Waals surface area contributed by atoms with Crippen molar-refractivity contribution in [3.63, 3.8) is 0 Å². The quantitative estimate of drug-likeness (QED) is 0.412. The summed E-state index contributed by atoms with van der Waals surface area (Å²) >= 11 is 0. The predicted molar refractivity (Wildman–Crippen MR) is 106 cm³/mol. The van der Waals surface area contributed by atoms with Crippen LogP contribution >= 0.6 is 0 Å². The standard InChI is InChI=1S/C21H36N2O5/c1-4-6-7-8-11-16(21(27)28-5-2)22-14(3)19(24)23-17-12-9-10-15(17)13-18(23)20(25)26/h14-18,22H,4-13H2,1-3H3,(H,25,26)/t14-,15-,16-,17-,18-/m0/s1. The van der Waals surface area contributed by atoms with Crippen LogP contribution in [0, 0.1) is 5.92 Å². The smallest absolute Gasteiger partial charge is 0.326 e. The van der Waals surface area contributed by atoms with Crippen LogP contribution in [0.4, 0.5) is 0 Å². The van der Waals surface area contributed by atoms with E-state index in [-0.39, 0.29) is 23.8 Å². The number of carbonyl (C=O) groups is 3. The second kappa shape index (κ2) is 10.8. The third-order valence-corrected chi connectivity index (χ3v) is 6.12. The van der Waals surface area contributed by atoms with E-state index in [1.807, 2.05) is 0 Å². The summed E-state index contributed by atoms with van der Waals surface area (Å²) in [7, 11) is 0. The Morgan fingerprint density at radius 1 is 1.18 bits per heavy atom. The zero-order valence-electron chi connectivity index (χ0n) is 17.5. The second-order valence-corrected chi connectivity index (χ2v) is 8.14. The van der Waals surface area contributed by atoms with Crippen LogP contribution in [-0.2, 0) is 19.1 Å². The summed E-state index contributed by atoms with van der Waals surface area (Å²) in [6.07, 6.45) is 8.19. The number of hydrogen-bond donors (Lipinski definition) is 2. The molecule has 1 saturated heterocycles. The molecule has 0 unspecified atom stereocenters. The van der Waals surface area contributed by atoms with E-state index in [9.17, 15) is 19.5 Å². The van der Waals surface area contributed by atoms with Crippen LogP contribution < -0.4 is 5.32 Å². The van der Waals surface area contributed by atoms with E-state index < -0.39 is 24.1 Å². The van der Waals surface area contributed by atoms with E-state index in [1.165, 1.54) is 0 Å². The van der Waals surface area contributed by atoms with Crippen molar-refractivity contribution >= 4 is 17.8 Å². The molecule has 0 aromatic heterocycles. The lowest BCUT2D eigenvalue weighted by Crippen LogP contribution is -2.55. The zero-order valence-corrected chi connectivity index (χ0v) is 17.5. The summed E-state index contributed by atoms with van der Waals surface area (Å²) in [5.74, 6) is -1.21. The first-order chi connectivity index (χ1) is 13.4. The number of carboxylic acids is 1. The Hall–Kier alpha value is -1.63. The van der Waals surface area contributed by atoms with Gasteiger partial charge in [-0.15, -0.1) is 0 Å². The fourth-order valence-corrected chi connectivity index (χ4v) is 4.71. The molecule has 2 aliphatic rings. The van der Waals surface area contributed by atoms with Crippen molar-refractivity contribution < 1.29 is 24.2 Å². The Morgan fingerprint density at radius 3 is 2.57 bits per heavy atom. The number of aliphatic carboxylic acids is 1. The summed E-state index contributed by atoms with van der Waals surface area (Å²) in [5, 5.41) is 12.7. The van der Waals surface area contributed by atoms with E-state index in [4.69, 9.17) is 4.74 Å². The molecule has 7 heteroatoms. The molecule has 1 aliphatic heterocycles. The van der Waals surface area contributed by atoms with Gasteiger partial charge < -0.3 is 14.7 Å². The van der Waals surface area contributed by atoms with E-state index in [0.29, 0.717) is 19.4 Å². The van der Waals surface area contributed by atoms with E-state index >= 15 is 0 Å². The Balaban J connectivity index is 2.03. The lowest BCUT2D eigenvalue weighted by atomic mass is 10.0. The molecule has 2 rings (SSSR count). The number of hydrogen-bond acceptors (Lipinski definition) is 5. The van der Waals surface area contributed by atoms with Crippen LogP contribution in [-0.4, -0.2) is 58.6 Å². The number of ether oxygens (including phenoxy) is 1. The number of amides is 1. The largest absolute Gasteiger partial charge is 0.480 e. The average Bonchev–Trinajstić information content (AvgIpc) is 3.24. The number of fused-ring (bicyclic) bond motifs is 1. The van der Waals surface area contributed by atoms with Gasteiger partial charge >= 0.3 is 11.9 Å². The average molecular weight is 397 g/mol. The Labute approximate surface area is 168 Å². The predicted octanol–water partition coefficient (Wildman–Crippen LogP) is 2.72. The van der Waals surface area contributed by atoms with Crippen LogP contribution in [0.2, 0.25) is 0 Å². The van der Waals surface area contributed by atoms with Crippen LogP contribution in [0.1, 0.15) is 78.6 Å². The highest BCUT2D eigenvalue weighted by atomic mass is 16.5. The van der Waals surface area contributed by atoms with Crippen LogP contribution in [0.15, 0.2) is 0 Å². The lowest BCUT2D eigenvalue weighted by molar-refractivity contribution is -0.151. The molecule has 0 bridgehead atoms. The zero-order chi connectivity index (χ0) is 20.7. The molecule has 0 aromatic carbocycles. The first-order valence-electron chi connectivity index (χ1n) is 10.9. The molecule has 5 atom stereocenters. The second-order valence-electron chi connectivity index (χ2n) is 8.14. The van der Waals surface area contributed by atoms with Crippen LogP contribution in [0.25, 0.3) is 0 Å². The highest BCUT2D eigenvalue weighted by Gasteiger charge is 2.49. The molecule has 1 heterocycles. The molecule has 28 heavy (non-hydrogen) atoms. The minimum absolute atomic E-state index is 0.0171. The molecular formula is C21H36N2O5. The number of nitrogens with one attached hydrogen (secondary N) is 1. The van der Waals surface area contributed by atoms with Gasteiger partial charge in [-0.25, -0.2) is 4.79 Å². The van der Waals surface area contributed by atoms with Crippen molar-refractivity contribution in [3.05, 3.63) is 0 Å². The van der Waals surface area contributed by atoms with Gasteiger partial charge in [0, 0.05) is 6.04 Å². The number of esters is 1. The molecule has 0 radical (unpaired) electrons. The molecular weight excluding hydrogens is 360 g/mol. The van der Waals surface area contributed by atoms with Gasteiger partial charge in [0.15, 0.2) is 0 Å². The van der Waals surface area contributed by atoms with Gasteiger partial charge in [-0.2, -0.15) is 0 Å². The highest BCUT2D eigenvalue weighted by Crippen LogP contribution is 2.41. The maximum absolute atomic E-state index is 13.1. The van der Waals surface area contributed by atoms with E-state index in [2.05, 4.69) is 12.2 Å². The Morgan fingerprint density at radius 2 is 1.93 bits per heavy atom.